The van der Waals surface area contributed by atoms with Crippen LogP contribution in [-0.4, -0.2) is 99.0 Å². The summed E-state index contributed by atoms with van der Waals surface area (Å²) in [5.41, 5.74) is 23.8. The summed E-state index contributed by atoms with van der Waals surface area (Å²) in [6.07, 6.45) is 25.4. The Labute approximate surface area is 569 Å². The first kappa shape index (κ1) is 80.0. The predicted molar refractivity (Wildman–Crippen MR) is 353 cm³/mol. The van der Waals surface area contributed by atoms with Crippen molar-refractivity contribution < 1.29 is 72.1 Å². The number of rotatable bonds is 12. The van der Waals surface area contributed by atoms with E-state index in [2.05, 4.69) is 78.7 Å². The quantitative estimate of drug-likeness (QED) is 0.0653. The van der Waals surface area contributed by atoms with Crippen molar-refractivity contribution >= 4 is 86.6 Å². The molecule has 4 aromatic carbocycles. The average molecular weight is 1450 g/mol. The van der Waals surface area contributed by atoms with Gasteiger partial charge in [0.2, 0.25) is 40.1 Å². The molecule has 8 heterocycles. The Balaban J connectivity index is 0.000000382. The minimum absolute atomic E-state index is 0. The molecule has 12 aromatic rings. The van der Waals surface area contributed by atoms with E-state index in [4.69, 9.17) is 22.9 Å². The molecule has 0 unspecified atom stereocenters. The van der Waals surface area contributed by atoms with E-state index >= 15 is 0 Å². The maximum Gasteiger partial charge on any atom is 2.00 e. The van der Waals surface area contributed by atoms with Gasteiger partial charge in [-0.25, -0.2) is 33.7 Å². The summed E-state index contributed by atoms with van der Waals surface area (Å²) in [4.78, 5) is 45.2. The minimum atomic E-state index is -3.79. The predicted octanol–water partition coefficient (Wildman–Crippen LogP) is 9.31. The van der Waals surface area contributed by atoms with Crippen molar-refractivity contribution in [2.24, 2.45) is 0 Å². The van der Waals surface area contributed by atoms with Crippen LogP contribution in [0.2, 0.25) is 0 Å². The van der Waals surface area contributed by atoms with Gasteiger partial charge in [0.05, 0.1) is 19.6 Å². The van der Waals surface area contributed by atoms with Crippen LogP contribution in [0.15, 0.2) is 313 Å². The monoisotopic (exact) mass is 1450 g/mol. The fourth-order valence-corrected chi connectivity index (χ4v) is 9.38. The number of nitrogens with two attached hydrogens (primary N) is 4. The van der Waals surface area contributed by atoms with Crippen LogP contribution >= 0.6 is 0 Å². The summed E-state index contributed by atoms with van der Waals surface area (Å²) in [6, 6.07) is 52.2. The molecule has 0 spiro atoms. The van der Waals surface area contributed by atoms with Gasteiger partial charge in [-0.3, -0.25) is 38.8 Å². The zero-order chi connectivity index (χ0) is 66.2. The van der Waals surface area contributed by atoms with Crippen LogP contribution < -0.4 is 22.9 Å². The van der Waals surface area contributed by atoms with Crippen molar-refractivity contribution in [3.8, 4) is 0 Å². The van der Waals surface area contributed by atoms with Gasteiger partial charge < -0.3 is 68.3 Å². The van der Waals surface area contributed by atoms with Gasteiger partial charge in [0.25, 0.3) is 0 Å². The first-order valence-electron chi connectivity index (χ1n) is 26.1. The third-order valence-corrected chi connectivity index (χ3v) is 15.1. The maximum atomic E-state index is 11.8. The molecule has 12 rings (SSSR count). The molecule has 0 aliphatic carbocycles. The molecule has 0 bridgehead atoms. The van der Waals surface area contributed by atoms with Gasteiger partial charge in [-0.05, 0) is 195 Å². The summed E-state index contributed by atoms with van der Waals surface area (Å²) < 4.78 is 109. The molecule has 0 fully saturated rings. The molecule has 95 heavy (non-hydrogen) atoms. The summed E-state index contributed by atoms with van der Waals surface area (Å²) in [5, 5.41) is 0. The molecule has 0 atom stereocenters. The van der Waals surface area contributed by atoms with Gasteiger partial charge in [0.1, 0.15) is 0 Å². The number of sulfonamides is 4. The van der Waals surface area contributed by atoms with Crippen molar-refractivity contribution in [1.29, 1.82) is 0 Å². The van der Waals surface area contributed by atoms with Crippen molar-refractivity contribution in [1.82, 2.24) is 59.8 Å². The number of nitrogens with zero attached hydrogens (tertiary/aromatic N) is 16. The Hall–Kier alpha value is -11.1. The van der Waals surface area contributed by atoms with Crippen molar-refractivity contribution in [3.05, 3.63) is 312 Å². The molecule has 0 saturated carbocycles. The Morgan fingerprint density at radius 2 is 0.368 bits per heavy atom. The van der Waals surface area contributed by atoms with Crippen molar-refractivity contribution in [2.75, 3.05) is 22.9 Å². The van der Waals surface area contributed by atoms with Gasteiger partial charge in [-0.15, -0.1) is 0 Å². The topological polar surface area (TPSA) is 483 Å². The van der Waals surface area contributed by atoms with Crippen LogP contribution in [-0.2, 0) is 73.1 Å². The molecule has 8 aromatic heterocycles. The van der Waals surface area contributed by atoms with E-state index < -0.39 is 40.1 Å². The van der Waals surface area contributed by atoms with E-state index in [9.17, 15) is 33.7 Å². The number of benzene rings is 4. The summed E-state index contributed by atoms with van der Waals surface area (Å²) in [5.74, 6) is -0.373. The summed E-state index contributed by atoms with van der Waals surface area (Å²) in [7, 11) is -15.1. The van der Waals surface area contributed by atoms with Gasteiger partial charge in [-0.2, -0.15) is 0 Å². The molecule has 0 aliphatic heterocycles. The second kappa shape index (κ2) is 43.7. The fourth-order valence-electron chi connectivity index (χ4n) is 5.80. The van der Waals surface area contributed by atoms with Crippen LogP contribution in [0, 0.1) is 0 Å². The van der Waals surface area contributed by atoms with Crippen LogP contribution in [0.5, 0.6) is 0 Å². The zero-order valence-corrected chi connectivity index (χ0v) is 54.5. The molecule has 0 amide bonds. The van der Waals surface area contributed by atoms with Gasteiger partial charge >= 0.3 is 33.0 Å². The molecule has 0 aliphatic rings. The van der Waals surface area contributed by atoms with E-state index in [-0.39, 0.29) is 81.8 Å². The van der Waals surface area contributed by atoms with E-state index in [1.54, 1.807) is 73.8 Å². The fraction of sp³-hybridized carbons (Fsp3) is 0. The second-order valence-electron chi connectivity index (χ2n) is 16.8. The zero-order valence-electron chi connectivity index (χ0n) is 49.2. The Bertz CT molecular complexity index is 3730. The molecular weight excluding hydrogens is 1390 g/mol. The van der Waals surface area contributed by atoms with E-state index in [0.717, 1.165) is 0 Å². The Kier molecular flexibility index (Phi) is 36.8. The van der Waals surface area contributed by atoms with Crippen LogP contribution in [0.4, 0.5) is 46.5 Å². The first-order valence-corrected chi connectivity index (χ1v) is 31.9. The number of hydrogen-bond donors (Lipinski definition) is 4. The smallest absolute Gasteiger partial charge is 0.412 e. The Morgan fingerprint density at radius 3 is 0.484 bits per heavy atom. The van der Waals surface area contributed by atoms with Gasteiger partial charge in [0, 0.05) is 96.1 Å². The molecule has 0 radical (unpaired) electrons. The number of hydrogen-bond acceptors (Lipinski definition) is 24. The largest absolute Gasteiger partial charge is 2.00 e. The number of pyridine rings is 4. The first-order chi connectivity index (χ1) is 44.3. The molecule has 496 valence electrons. The maximum absolute atomic E-state index is 11.8. The number of nitrogen functional groups attached to an aromatic ring is 4. The standard InChI is InChI=1S/4C10H9N4O2S.4C5H5N.2Ni.H2O/c4*11-8-2-4-9(5-3-8)17(15,16)14-10-12-6-1-7-13-10;4*1-2-4-6-5-3-1;;;/h4*1-7H,11H2;4*1-5H;;;1H2/q4*-1;;;;;2*+2;. The van der Waals surface area contributed by atoms with Crippen LogP contribution in [0.1, 0.15) is 0 Å². The molecule has 29 nitrogen and oxygen atoms in total. The average Bonchev–Trinajstić information content (AvgIpc) is 0.877. The van der Waals surface area contributed by atoms with E-state index in [1.165, 1.54) is 147 Å². The summed E-state index contributed by atoms with van der Waals surface area (Å²) >= 11 is 0. The van der Waals surface area contributed by atoms with Crippen LogP contribution in [0.25, 0.3) is 18.9 Å². The van der Waals surface area contributed by atoms with Crippen molar-refractivity contribution in [2.45, 2.75) is 19.6 Å². The van der Waals surface area contributed by atoms with Gasteiger partial charge in [-0.1, -0.05) is 48.5 Å². The summed E-state index contributed by atoms with van der Waals surface area (Å²) in [6.45, 7) is 0. The molecule has 0 saturated heterocycles. The van der Waals surface area contributed by atoms with Crippen molar-refractivity contribution in [3.63, 3.8) is 0 Å². The normalized spacial score (nSPS) is 9.94. The number of aromatic nitrogens is 12. The molecular formula is C60H58N20Ni2O9S4. The Morgan fingerprint density at radius 1 is 0.221 bits per heavy atom. The van der Waals surface area contributed by atoms with E-state index in [1.807, 2.05) is 72.8 Å². The minimum Gasteiger partial charge on any atom is -0.412 e. The third-order valence-electron chi connectivity index (χ3n) is 9.99. The third kappa shape index (κ3) is 32.7. The second-order valence-corrected chi connectivity index (χ2v) is 23.3. The molecule has 10 N–H and O–H groups in total. The number of anilines is 4. The molecule has 35 heteroatoms. The SMILES string of the molecule is Nc1ccc(S(=O)(=O)[N-]c2ncccn2)cc1.Nc1ccc(S(=O)(=O)[N-]c2ncccn2)cc1.Nc1ccc(S(=O)(=O)[N-]c2ncccn2)cc1.Nc1ccc(S(=O)(=O)[N-]c2ncccn2)cc1.O.[Ni+2].[Ni+2].c1ccncc1.c1ccncc1.c1ccncc1.c1ccncc1. The van der Waals surface area contributed by atoms with Gasteiger partial charge in [0.15, 0.2) is 0 Å². The van der Waals surface area contributed by atoms with E-state index in [0.29, 0.717) is 22.7 Å². The van der Waals surface area contributed by atoms with Crippen LogP contribution in [0.3, 0.4) is 0 Å².